The number of aromatic nitrogens is 2. The highest BCUT2D eigenvalue weighted by atomic mass is 19.1. The number of halogens is 1. The number of amides is 1. The third-order valence-electron chi connectivity index (χ3n) is 5.92. The van der Waals surface area contributed by atoms with Gasteiger partial charge in [-0.1, -0.05) is 37.3 Å². The Balaban J connectivity index is 1.59. The zero-order valence-electron chi connectivity index (χ0n) is 17.6. The number of carbonyl (C=O) groups excluding carboxylic acids is 1. The van der Waals surface area contributed by atoms with E-state index in [0.717, 1.165) is 42.6 Å². The predicted molar refractivity (Wildman–Crippen MR) is 116 cm³/mol. The maximum Gasteiger partial charge on any atom is 0.228 e. The molecular formula is C25H26FN3O2. The fourth-order valence-corrected chi connectivity index (χ4v) is 3.91. The highest BCUT2D eigenvalue weighted by Gasteiger charge is 2.41. The minimum absolute atomic E-state index is 0.148. The molecule has 5 rings (SSSR count). The molecule has 2 aliphatic carbocycles. The molecule has 2 saturated carbocycles. The van der Waals surface area contributed by atoms with Gasteiger partial charge in [0.15, 0.2) is 11.6 Å². The number of hydrogen-bond donors (Lipinski definition) is 0. The summed E-state index contributed by atoms with van der Waals surface area (Å²) in [6, 6.07) is 16.4. The smallest absolute Gasteiger partial charge is 0.228 e. The van der Waals surface area contributed by atoms with Gasteiger partial charge in [0.1, 0.15) is 0 Å². The molecule has 3 aromatic rings. The third kappa shape index (κ3) is 4.07. The fourth-order valence-electron chi connectivity index (χ4n) is 3.91. The van der Waals surface area contributed by atoms with Gasteiger partial charge in [0.25, 0.3) is 0 Å². The zero-order chi connectivity index (χ0) is 21.4. The van der Waals surface area contributed by atoms with E-state index in [2.05, 4.69) is 0 Å². The summed E-state index contributed by atoms with van der Waals surface area (Å²) in [5, 5.41) is 4.81. The van der Waals surface area contributed by atoms with Crippen LogP contribution >= 0.6 is 0 Å². The lowest BCUT2D eigenvalue weighted by atomic mass is 10.1. The minimum atomic E-state index is -0.430. The first-order valence-electron chi connectivity index (χ1n) is 11.0. The monoisotopic (exact) mass is 419 g/mol. The number of hydrogen-bond acceptors (Lipinski definition) is 3. The van der Waals surface area contributed by atoms with Crippen LogP contribution in [0.15, 0.2) is 54.6 Å². The summed E-state index contributed by atoms with van der Waals surface area (Å²) in [5.41, 5.74) is 2.56. The van der Waals surface area contributed by atoms with Crippen LogP contribution in [-0.4, -0.2) is 26.6 Å². The van der Waals surface area contributed by atoms with Gasteiger partial charge >= 0.3 is 0 Å². The second-order valence-corrected chi connectivity index (χ2v) is 8.34. The van der Waals surface area contributed by atoms with Crippen molar-refractivity contribution >= 4 is 5.91 Å². The summed E-state index contributed by atoms with van der Waals surface area (Å²) in [4.78, 5) is 15.0. The molecule has 0 radical (unpaired) electrons. The molecule has 1 amide bonds. The van der Waals surface area contributed by atoms with Gasteiger partial charge in [-0.25, -0.2) is 9.07 Å². The quantitative estimate of drug-likeness (QED) is 0.500. The number of aryl methyl sites for hydroxylation is 1. The highest BCUT2D eigenvalue weighted by molar-refractivity contribution is 5.81. The van der Waals surface area contributed by atoms with E-state index in [1.807, 2.05) is 42.2 Å². The third-order valence-corrected chi connectivity index (χ3v) is 5.92. The van der Waals surface area contributed by atoms with Crippen LogP contribution in [0.3, 0.4) is 0 Å². The van der Waals surface area contributed by atoms with Crippen LogP contribution in [0.25, 0.3) is 5.69 Å². The van der Waals surface area contributed by atoms with Crippen LogP contribution in [0, 0.1) is 11.7 Å². The number of nitrogens with zero attached hydrogens (tertiary/aromatic N) is 3. The van der Waals surface area contributed by atoms with E-state index in [0.29, 0.717) is 24.9 Å². The molecule has 2 aromatic carbocycles. The molecular weight excluding hydrogens is 393 g/mol. The first kappa shape index (κ1) is 19.8. The Hall–Kier alpha value is -3.15. The lowest BCUT2D eigenvalue weighted by Gasteiger charge is -2.23. The van der Waals surface area contributed by atoms with Crippen molar-refractivity contribution in [1.82, 2.24) is 14.7 Å². The molecule has 160 valence electrons. The first-order chi connectivity index (χ1) is 15.2. The number of carbonyl (C=O) groups is 1. The van der Waals surface area contributed by atoms with Crippen LogP contribution in [-0.2, 0) is 17.8 Å². The molecule has 0 saturated heterocycles. The maximum absolute atomic E-state index is 14.5. The van der Waals surface area contributed by atoms with Crippen molar-refractivity contribution in [2.24, 2.45) is 5.92 Å². The van der Waals surface area contributed by atoms with E-state index in [1.54, 1.807) is 22.9 Å². The molecule has 0 unspecified atom stereocenters. The molecule has 31 heavy (non-hydrogen) atoms. The zero-order valence-corrected chi connectivity index (χ0v) is 17.6. The summed E-state index contributed by atoms with van der Waals surface area (Å²) < 4.78 is 22.3. The normalized spacial score (nSPS) is 15.7. The van der Waals surface area contributed by atoms with Crippen molar-refractivity contribution in [3.63, 3.8) is 0 Å². The number of ether oxygens (including phenoxy) is 1. The molecule has 6 heteroatoms. The Labute approximate surface area is 181 Å². The van der Waals surface area contributed by atoms with Gasteiger partial charge in [-0.15, -0.1) is 0 Å². The number of para-hydroxylation sites is 2. The van der Waals surface area contributed by atoms with Gasteiger partial charge in [-0.3, -0.25) is 4.79 Å². The summed E-state index contributed by atoms with van der Waals surface area (Å²) >= 11 is 0. The number of benzene rings is 2. The van der Waals surface area contributed by atoms with Gasteiger partial charge in [-0.2, -0.15) is 5.10 Å². The van der Waals surface area contributed by atoms with Crippen molar-refractivity contribution in [2.45, 2.75) is 51.6 Å². The van der Waals surface area contributed by atoms with Gasteiger partial charge < -0.3 is 9.64 Å². The molecule has 0 bridgehead atoms. The van der Waals surface area contributed by atoms with E-state index >= 15 is 0 Å². The molecule has 2 aliphatic rings. The SMILES string of the molecule is CCc1nn(-c2ccccc2)c(Oc2ccccc2F)c1CN(C(=O)C1CC1)C1CC1. The Bertz CT molecular complexity index is 1090. The van der Waals surface area contributed by atoms with Crippen LogP contribution in [0.5, 0.6) is 11.6 Å². The minimum Gasteiger partial charge on any atom is -0.435 e. The summed E-state index contributed by atoms with van der Waals surface area (Å²) in [5.74, 6) is 0.581. The molecule has 1 heterocycles. The Morgan fingerprint density at radius 3 is 2.45 bits per heavy atom. The molecule has 0 N–H and O–H groups in total. The lowest BCUT2D eigenvalue weighted by Crippen LogP contribution is -2.34. The molecule has 5 nitrogen and oxygen atoms in total. The molecule has 0 atom stereocenters. The van der Waals surface area contributed by atoms with Crippen LogP contribution in [0.4, 0.5) is 4.39 Å². The van der Waals surface area contributed by atoms with E-state index in [1.165, 1.54) is 6.07 Å². The van der Waals surface area contributed by atoms with Gasteiger partial charge in [0.05, 0.1) is 23.5 Å². The molecule has 0 spiro atoms. The predicted octanol–water partition coefficient (Wildman–Crippen LogP) is 5.27. The fraction of sp³-hybridized carbons (Fsp3) is 0.360. The Kier molecular flexibility index (Phi) is 5.22. The second kappa shape index (κ2) is 8.17. The summed E-state index contributed by atoms with van der Waals surface area (Å²) in [6.45, 7) is 2.48. The molecule has 1 aromatic heterocycles. The Morgan fingerprint density at radius 2 is 1.81 bits per heavy atom. The molecule has 2 fully saturated rings. The largest absolute Gasteiger partial charge is 0.435 e. The van der Waals surface area contributed by atoms with E-state index in [9.17, 15) is 9.18 Å². The topological polar surface area (TPSA) is 47.4 Å². The van der Waals surface area contributed by atoms with E-state index in [-0.39, 0.29) is 17.6 Å². The molecule has 0 aliphatic heterocycles. The summed E-state index contributed by atoms with van der Waals surface area (Å²) in [6.07, 6.45) is 4.72. The van der Waals surface area contributed by atoms with Crippen molar-refractivity contribution in [3.8, 4) is 17.3 Å². The first-order valence-corrected chi connectivity index (χ1v) is 11.0. The van der Waals surface area contributed by atoms with Gasteiger partial charge in [-0.05, 0) is 56.4 Å². The van der Waals surface area contributed by atoms with Crippen molar-refractivity contribution < 1.29 is 13.9 Å². The van der Waals surface area contributed by atoms with Gasteiger partial charge in [0, 0.05) is 12.0 Å². The summed E-state index contributed by atoms with van der Waals surface area (Å²) in [7, 11) is 0. The van der Waals surface area contributed by atoms with Crippen molar-refractivity contribution in [2.75, 3.05) is 0 Å². The lowest BCUT2D eigenvalue weighted by molar-refractivity contribution is -0.133. The van der Waals surface area contributed by atoms with E-state index < -0.39 is 5.82 Å². The maximum atomic E-state index is 14.5. The van der Waals surface area contributed by atoms with Crippen molar-refractivity contribution in [1.29, 1.82) is 0 Å². The van der Waals surface area contributed by atoms with Crippen LogP contribution in [0.1, 0.15) is 43.9 Å². The van der Waals surface area contributed by atoms with Gasteiger partial charge in [0.2, 0.25) is 11.8 Å². The standard InChI is InChI=1S/C25H26FN3O2/c1-2-22-20(16-28(18-14-15-18)24(30)17-12-13-17)25(31-23-11-7-6-10-21(23)26)29(27-22)19-8-4-3-5-9-19/h3-11,17-18H,2,12-16H2,1H3. The second-order valence-electron chi connectivity index (χ2n) is 8.34. The van der Waals surface area contributed by atoms with Crippen LogP contribution in [0.2, 0.25) is 0 Å². The highest BCUT2D eigenvalue weighted by Crippen LogP contribution is 2.39. The van der Waals surface area contributed by atoms with Crippen LogP contribution < -0.4 is 4.74 Å². The van der Waals surface area contributed by atoms with Crippen molar-refractivity contribution in [3.05, 3.63) is 71.7 Å². The number of rotatable bonds is 8. The average molecular weight is 420 g/mol. The Morgan fingerprint density at radius 1 is 1.10 bits per heavy atom. The van der Waals surface area contributed by atoms with E-state index in [4.69, 9.17) is 9.84 Å². The average Bonchev–Trinajstić information content (AvgIpc) is 3.71.